The van der Waals surface area contributed by atoms with E-state index < -0.39 is 6.10 Å². The highest BCUT2D eigenvalue weighted by molar-refractivity contribution is 5.78. The first-order valence-corrected chi connectivity index (χ1v) is 8.98. The van der Waals surface area contributed by atoms with Crippen LogP contribution in [0.15, 0.2) is 53.1 Å². The van der Waals surface area contributed by atoms with Crippen LogP contribution in [0.4, 0.5) is 0 Å². The first-order valence-electron chi connectivity index (χ1n) is 8.98. The summed E-state index contributed by atoms with van der Waals surface area (Å²) in [6.45, 7) is 1.95. The van der Waals surface area contributed by atoms with Crippen molar-refractivity contribution in [3.8, 4) is 0 Å². The van der Waals surface area contributed by atoms with Gasteiger partial charge in [-0.05, 0) is 49.9 Å². The fourth-order valence-electron chi connectivity index (χ4n) is 3.46. The van der Waals surface area contributed by atoms with Gasteiger partial charge in [-0.15, -0.1) is 0 Å². The Hall–Kier alpha value is -2.11. The van der Waals surface area contributed by atoms with Crippen molar-refractivity contribution in [2.45, 2.75) is 37.8 Å². The first kappa shape index (κ1) is 17.7. The predicted molar refractivity (Wildman–Crippen MR) is 96.0 cm³/mol. The molecule has 0 bridgehead atoms. The Kier molecular flexibility index (Phi) is 6.25. The third-order valence-electron chi connectivity index (χ3n) is 4.79. The van der Waals surface area contributed by atoms with Crippen molar-refractivity contribution in [3.63, 3.8) is 0 Å². The molecule has 0 aliphatic carbocycles. The van der Waals surface area contributed by atoms with E-state index in [-0.39, 0.29) is 11.9 Å². The normalized spacial score (nSPS) is 19.0. The minimum Gasteiger partial charge on any atom is -0.467 e. The van der Waals surface area contributed by atoms with Gasteiger partial charge in [-0.1, -0.05) is 30.3 Å². The SMILES string of the molecule is O=C(CN1CCCC1CC(O)c1ccco1)NCCc1ccccc1. The largest absolute Gasteiger partial charge is 0.467 e. The summed E-state index contributed by atoms with van der Waals surface area (Å²) in [5.41, 5.74) is 1.23. The van der Waals surface area contributed by atoms with Crippen molar-refractivity contribution >= 4 is 5.91 Å². The van der Waals surface area contributed by atoms with Gasteiger partial charge >= 0.3 is 0 Å². The lowest BCUT2D eigenvalue weighted by atomic mass is 10.1. The lowest BCUT2D eigenvalue weighted by molar-refractivity contribution is -0.122. The highest BCUT2D eigenvalue weighted by Gasteiger charge is 2.29. The van der Waals surface area contributed by atoms with E-state index in [0.29, 0.717) is 25.3 Å². The molecule has 1 aromatic heterocycles. The van der Waals surface area contributed by atoms with Crippen LogP contribution in [0, 0.1) is 0 Å². The molecule has 1 aliphatic rings. The maximum Gasteiger partial charge on any atom is 0.234 e. The number of carbonyl (C=O) groups is 1. The molecule has 5 nitrogen and oxygen atoms in total. The molecule has 2 heterocycles. The highest BCUT2D eigenvalue weighted by atomic mass is 16.4. The summed E-state index contributed by atoms with van der Waals surface area (Å²) in [4.78, 5) is 14.4. The van der Waals surface area contributed by atoms with E-state index in [2.05, 4.69) is 22.3 Å². The lowest BCUT2D eigenvalue weighted by Crippen LogP contribution is -2.40. The number of benzene rings is 1. The van der Waals surface area contributed by atoms with Crippen molar-refractivity contribution in [2.24, 2.45) is 0 Å². The Labute approximate surface area is 148 Å². The number of rotatable bonds is 8. The zero-order valence-corrected chi connectivity index (χ0v) is 14.4. The van der Waals surface area contributed by atoms with E-state index in [0.717, 1.165) is 25.8 Å². The van der Waals surface area contributed by atoms with Gasteiger partial charge in [0.25, 0.3) is 0 Å². The number of amides is 1. The summed E-state index contributed by atoms with van der Waals surface area (Å²) < 4.78 is 5.27. The van der Waals surface area contributed by atoms with Crippen LogP contribution in [-0.4, -0.2) is 41.6 Å². The topological polar surface area (TPSA) is 65.7 Å². The van der Waals surface area contributed by atoms with Gasteiger partial charge in [-0.25, -0.2) is 0 Å². The molecule has 3 rings (SSSR count). The van der Waals surface area contributed by atoms with Gasteiger partial charge < -0.3 is 14.8 Å². The van der Waals surface area contributed by atoms with Crippen molar-refractivity contribution in [3.05, 3.63) is 60.1 Å². The number of nitrogens with zero attached hydrogens (tertiary/aromatic N) is 1. The molecule has 1 saturated heterocycles. The first-order chi connectivity index (χ1) is 12.2. The summed E-state index contributed by atoms with van der Waals surface area (Å²) in [7, 11) is 0. The minimum absolute atomic E-state index is 0.0512. The monoisotopic (exact) mass is 342 g/mol. The van der Waals surface area contributed by atoms with Crippen LogP contribution in [0.25, 0.3) is 0 Å². The van der Waals surface area contributed by atoms with Gasteiger partial charge in [-0.2, -0.15) is 0 Å². The Bertz CT molecular complexity index is 642. The third-order valence-corrected chi connectivity index (χ3v) is 4.79. The van der Waals surface area contributed by atoms with Gasteiger partial charge in [-0.3, -0.25) is 9.69 Å². The molecule has 1 aromatic carbocycles. The summed E-state index contributed by atoms with van der Waals surface area (Å²) in [5.74, 6) is 0.648. The van der Waals surface area contributed by atoms with E-state index in [4.69, 9.17) is 4.42 Å². The molecule has 0 radical (unpaired) electrons. The lowest BCUT2D eigenvalue weighted by Gasteiger charge is -2.25. The molecule has 2 N–H and O–H groups in total. The number of carbonyl (C=O) groups excluding carboxylic acids is 1. The summed E-state index contributed by atoms with van der Waals surface area (Å²) in [6.07, 6.45) is 4.48. The zero-order valence-electron chi connectivity index (χ0n) is 14.4. The molecule has 1 fully saturated rings. The predicted octanol–water partition coefficient (Wildman–Crippen LogP) is 2.53. The van der Waals surface area contributed by atoms with Crippen LogP contribution in [0.1, 0.15) is 36.7 Å². The standard InChI is InChI=1S/C20H26N2O3/c23-18(19-9-5-13-25-19)14-17-8-4-12-22(17)15-20(24)21-11-10-16-6-2-1-3-7-16/h1-3,5-7,9,13,17-18,23H,4,8,10-12,14-15H2,(H,21,24). The average Bonchev–Trinajstić information content (AvgIpc) is 3.28. The molecule has 25 heavy (non-hydrogen) atoms. The molecular weight excluding hydrogens is 316 g/mol. The van der Waals surface area contributed by atoms with Crippen LogP contribution in [0.2, 0.25) is 0 Å². The van der Waals surface area contributed by atoms with Crippen LogP contribution in [0.3, 0.4) is 0 Å². The van der Waals surface area contributed by atoms with Gasteiger partial charge in [0.15, 0.2) is 0 Å². The maximum absolute atomic E-state index is 12.2. The van der Waals surface area contributed by atoms with Crippen molar-refractivity contribution < 1.29 is 14.3 Å². The minimum atomic E-state index is -0.609. The van der Waals surface area contributed by atoms with Gasteiger partial charge in [0.2, 0.25) is 5.91 Å². The van der Waals surface area contributed by atoms with Crippen LogP contribution < -0.4 is 5.32 Å². The summed E-state index contributed by atoms with van der Waals surface area (Å²) in [5, 5.41) is 13.3. The Morgan fingerprint density at radius 1 is 1.28 bits per heavy atom. The molecule has 1 amide bonds. The van der Waals surface area contributed by atoms with Gasteiger partial charge in [0.05, 0.1) is 12.8 Å². The molecule has 0 spiro atoms. The number of aliphatic hydroxyl groups excluding tert-OH is 1. The number of furan rings is 1. The van der Waals surface area contributed by atoms with Crippen molar-refractivity contribution in [1.29, 1.82) is 0 Å². The van der Waals surface area contributed by atoms with E-state index >= 15 is 0 Å². The van der Waals surface area contributed by atoms with Gasteiger partial charge in [0, 0.05) is 12.6 Å². The Morgan fingerprint density at radius 3 is 2.88 bits per heavy atom. The fourth-order valence-corrected chi connectivity index (χ4v) is 3.46. The van der Waals surface area contributed by atoms with Crippen molar-refractivity contribution in [1.82, 2.24) is 10.2 Å². The summed E-state index contributed by atoms with van der Waals surface area (Å²) >= 11 is 0. The maximum atomic E-state index is 12.2. The Morgan fingerprint density at radius 2 is 2.12 bits per heavy atom. The molecule has 5 heteroatoms. The molecule has 2 aromatic rings. The number of aliphatic hydroxyl groups is 1. The van der Waals surface area contributed by atoms with E-state index in [9.17, 15) is 9.90 Å². The number of likely N-dealkylation sites (tertiary alicyclic amines) is 1. The Balaban J connectivity index is 1.42. The molecule has 1 aliphatic heterocycles. The van der Waals surface area contributed by atoms with Crippen LogP contribution in [-0.2, 0) is 11.2 Å². The van der Waals surface area contributed by atoms with Crippen LogP contribution >= 0.6 is 0 Å². The quantitative estimate of drug-likeness (QED) is 0.774. The molecular formula is C20H26N2O3. The van der Waals surface area contributed by atoms with E-state index in [1.807, 2.05) is 18.2 Å². The van der Waals surface area contributed by atoms with E-state index in [1.54, 1.807) is 18.4 Å². The van der Waals surface area contributed by atoms with E-state index in [1.165, 1.54) is 5.56 Å². The van der Waals surface area contributed by atoms with Crippen LogP contribution in [0.5, 0.6) is 0 Å². The number of hydrogen-bond acceptors (Lipinski definition) is 4. The third kappa shape index (κ3) is 5.18. The zero-order chi connectivity index (χ0) is 17.5. The number of nitrogens with one attached hydrogen (secondary N) is 1. The van der Waals surface area contributed by atoms with Gasteiger partial charge in [0.1, 0.15) is 11.9 Å². The smallest absolute Gasteiger partial charge is 0.234 e. The summed E-state index contributed by atoms with van der Waals surface area (Å²) in [6, 6.07) is 13.9. The fraction of sp³-hybridized carbons (Fsp3) is 0.450. The second-order valence-electron chi connectivity index (χ2n) is 6.62. The molecule has 2 unspecified atom stereocenters. The molecule has 0 saturated carbocycles. The highest BCUT2D eigenvalue weighted by Crippen LogP contribution is 2.27. The van der Waals surface area contributed by atoms with Crippen molar-refractivity contribution in [2.75, 3.05) is 19.6 Å². The second-order valence-corrected chi connectivity index (χ2v) is 6.62. The second kappa shape index (κ2) is 8.83. The molecule has 2 atom stereocenters. The number of hydrogen-bond donors (Lipinski definition) is 2. The average molecular weight is 342 g/mol. The molecule has 134 valence electrons.